The Morgan fingerprint density at radius 2 is 1.50 bits per heavy atom. The maximum absolute atomic E-state index is 12.6. The molecule has 0 radical (unpaired) electrons. The molecule has 1 saturated heterocycles. The molecule has 24 heavy (non-hydrogen) atoms. The summed E-state index contributed by atoms with van der Waals surface area (Å²) in [6, 6.07) is 15.1. The molecule has 1 aliphatic rings. The normalized spacial score (nSPS) is 17.4. The second-order valence-electron chi connectivity index (χ2n) is 5.86. The standard InChI is InChI=1S/C18H22N2O2S2/c1-23(21)15-9-11-16(12-10-15)24(22)19-17-7-3-4-8-18(17)20-13-5-2-6-14-20/h3-4,7-12,19H,2,5-6,13-14H2,1H3. The van der Waals surface area contributed by atoms with Gasteiger partial charge in [0, 0.05) is 25.2 Å². The topological polar surface area (TPSA) is 61.4 Å². The first-order chi connectivity index (χ1) is 11.6. The summed E-state index contributed by atoms with van der Waals surface area (Å²) in [6.07, 6.45) is 5.32. The maximum Gasteiger partial charge on any atom is 0.180 e. The number of nitrogens with one attached hydrogen (secondary N) is 1. The smallest absolute Gasteiger partial charge is 0.180 e. The van der Waals surface area contributed by atoms with Crippen molar-refractivity contribution in [1.82, 2.24) is 0 Å². The summed E-state index contributed by atoms with van der Waals surface area (Å²) in [5.74, 6) is 0. The lowest BCUT2D eigenvalue weighted by Gasteiger charge is -2.30. The molecule has 1 heterocycles. The molecule has 4 nitrogen and oxygen atoms in total. The van der Waals surface area contributed by atoms with Crippen LogP contribution in [-0.2, 0) is 22.5 Å². The Morgan fingerprint density at radius 1 is 0.875 bits per heavy atom. The first-order valence-corrected chi connectivity index (χ1v) is 10.8. The zero-order chi connectivity index (χ0) is 16.9. The fourth-order valence-corrected chi connectivity index (χ4v) is 4.28. The molecule has 0 saturated carbocycles. The van der Waals surface area contributed by atoms with E-state index in [1.165, 1.54) is 19.3 Å². The molecule has 0 amide bonds. The van der Waals surface area contributed by atoms with E-state index in [1.807, 2.05) is 18.2 Å². The van der Waals surface area contributed by atoms with Gasteiger partial charge in [0.05, 0.1) is 5.69 Å². The lowest BCUT2D eigenvalue weighted by molar-refractivity contribution is 0.578. The minimum atomic E-state index is -1.35. The summed E-state index contributed by atoms with van der Waals surface area (Å²) in [5, 5.41) is 0. The number of anilines is 2. The zero-order valence-corrected chi connectivity index (χ0v) is 15.4. The first-order valence-electron chi connectivity index (χ1n) is 8.11. The molecule has 2 aromatic rings. The molecule has 2 atom stereocenters. The lowest BCUT2D eigenvalue weighted by atomic mass is 10.1. The molecular weight excluding hydrogens is 340 g/mol. The van der Waals surface area contributed by atoms with E-state index in [-0.39, 0.29) is 0 Å². The molecule has 2 unspecified atom stereocenters. The van der Waals surface area contributed by atoms with Crippen molar-refractivity contribution in [1.29, 1.82) is 0 Å². The lowest BCUT2D eigenvalue weighted by Crippen LogP contribution is -2.30. The van der Waals surface area contributed by atoms with Crippen molar-refractivity contribution < 1.29 is 9.11 Å². The largest absolute Gasteiger partial charge is 0.612 e. The Kier molecular flexibility index (Phi) is 5.94. The average Bonchev–Trinajstić information content (AvgIpc) is 2.63. The van der Waals surface area contributed by atoms with E-state index < -0.39 is 22.5 Å². The molecule has 1 N–H and O–H groups in total. The van der Waals surface area contributed by atoms with Crippen LogP contribution < -0.4 is 9.62 Å². The Balaban J connectivity index is 1.75. The van der Waals surface area contributed by atoms with E-state index in [9.17, 15) is 9.11 Å². The molecule has 3 rings (SSSR count). The van der Waals surface area contributed by atoms with E-state index in [2.05, 4.69) is 15.7 Å². The van der Waals surface area contributed by atoms with Crippen molar-refractivity contribution in [2.45, 2.75) is 29.1 Å². The highest BCUT2D eigenvalue weighted by Crippen LogP contribution is 2.30. The third-order valence-electron chi connectivity index (χ3n) is 4.17. The van der Waals surface area contributed by atoms with Gasteiger partial charge in [0.25, 0.3) is 0 Å². The van der Waals surface area contributed by atoms with Crippen LogP contribution in [0, 0.1) is 0 Å². The Morgan fingerprint density at radius 3 is 2.17 bits per heavy atom. The number of nitrogens with zero attached hydrogens (tertiary/aromatic N) is 1. The number of rotatable bonds is 5. The monoisotopic (exact) mass is 362 g/mol. The summed E-state index contributed by atoms with van der Waals surface area (Å²) < 4.78 is 27.2. The van der Waals surface area contributed by atoms with E-state index >= 15 is 0 Å². The van der Waals surface area contributed by atoms with Crippen LogP contribution in [0.15, 0.2) is 58.3 Å². The summed E-state index contributed by atoms with van der Waals surface area (Å²) in [4.78, 5) is 3.77. The minimum Gasteiger partial charge on any atom is -0.612 e. The SMILES string of the molecule is C[S+]([O-])c1ccc([S+]([O-])Nc2ccccc2N2CCCCC2)cc1. The quantitative estimate of drug-likeness (QED) is 0.826. The highest BCUT2D eigenvalue weighted by molar-refractivity contribution is 7.92. The van der Waals surface area contributed by atoms with Crippen LogP contribution in [0.5, 0.6) is 0 Å². The van der Waals surface area contributed by atoms with Gasteiger partial charge in [-0.15, -0.1) is 0 Å². The minimum absolute atomic E-state index is 0.678. The molecule has 0 aromatic heterocycles. The van der Waals surface area contributed by atoms with Crippen LogP contribution in [0.2, 0.25) is 0 Å². The van der Waals surface area contributed by atoms with Crippen LogP contribution in [0.25, 0.3) is 0 Å². The maximum atomic E-state index is 12.6. The van der Waals surface area contributed by atoms with E-state index in [0.717, 1.165) is 29.4 Å². The summed E-state index contributed by atoms with van der Waals surface area (Å²) in [7, 11) is 0. The van der Waals surface area contributed by atoms with Crippen molar-refractivity contribution in [3.05, 3.63) is 48.5 Å². The van der Waals surface area contributed by atoms with Gasteiger partial charge in [-0.25, -0.2) is 4.72 Å². The number of benzene rings is 2. The Bertz CT molecular complexity index is 658. The van der Waals surface area contributed by atoms with Crippen molar-refractivity contribution in [3.63, 3.8) is 0 Å². The van der Waals surface area contributed by atoms with Gasteiger partial charge in [0.2, 0.25) is 0 Å². The van der Waals surface area contributed by atoms with E-state index in [1.54, 1.807) is 30.5 Å². The van der Waals surface area contributed by atoms with Crippen LogP contribution >= 0.6 is 0 Å². The predicted octanol–water partition coefficient (Wildman–Crippen LogP) is 3.55. The van der Waals surface area contributed by atoms with Crippen LogP contribution in [0.3, 0.4) is 0 Å². The molecule has 2 aromatic carbocycles. The fourth-order valence-electron chi connectivity index (χ4n) is 2.88. The molecule has 1 fully saturated rings. The van der Waals surface area contributed by atoms with Gasteiger partial charge >= 0.3 is 0 Å². The summed E-state index contributed by atoms with van der Waals surface area (Å²) in [6.45, 7) is 2.09. The molecule has 0 spiro atoms. The fraction of sp³-hybridized carbons (Fsp3) is 0.333. The second-order valence-corrected chi connectivity index (χ2v) is 8.45. The average molecular weight is 363 g/mol. The van der Waals surface area contributed by atoms with Crippen LogP contribution in [0.1, 0.15) is 19.3 Å². The number of hydrogen-bond donors (Lipinski definition) is 1. The predicted molar refractivity (Wildman–Crippen MR) is 101 cm³/mol. The van der Waals surface area contributed by atoms with E-state index in [4.69, 9.17) is 0 Å². The van der Waals surface area contributed by atoms with Crippen LogP contribution in [0.4, 0.5) is 11.4 Å². The molecule has 6 heteroatoms. The molecular formula is C18H22N2O2S2. The molecule has 128 valence electrons. The number of hydrogen-bond acceptors (Lipinski definition) is 4. The van der Waals surface area contributed by atoms with Crippen molar-refractivity contribution >= 4 is 33.9 Å². The van der Waals surface area contributed by atoms with Gasteiger partial charge in [-0.05, 0) is 54.7 Å². The Labute approximate surface area is 149 Å². The molecule has 0 aliphatic carbocycles. The van der Waals surface area contributed by atoms with Gasteiger partial charge < -0.3 is 14.0 Å². The summed E-state index contributed by atoms with van der Waals surface area (Å²) in [5.41, 5.74) is 2.00. The first kappa shape index (κ1) is 17.5. The van der Waals surface area contributed by atoms with Gasteiger partial charge in [-0.3, -0.25) is 0 Å². The Hall–Kier alpha value is -1.34. The third-order valence-corrected chi connectivity index (χ3v) is 6.21. The van der Waals surface area contributed by atoms with Crippen molar-refractivity contribution in [2.24, 2.45) is 0 Å². The summed E-state index contributed by atoms with van der Waals surface area (Å²) >= 11 is -2.37. The number of piperidine rings is 1. The van der Waals surface area contributed by atoms with Crippen molar-refractivity contribution in [2.75, 3.05) is 29.0 Å². The highest BCUT2D eigenvalue weighted by atomic mass is 32.2. The molecule has 1 aliphatic heterocycles. The van der Waals surface area contributed by atoms with Crippen molar-refractivity contribution in [3.8, 4) is 0 Å². The second kappa shape index (κ2) is 8.16. The van der Waals surface area contributed by atoms with Gasteiger partial charge in [-0.2, -0.15) is 0 Å². The number of para-hydroxylation sites is 2. The highest BCUT2D eigenvalue weighted by Gasteiger charge is 2.19. The molecule has 0 bridgehead atoms. The van der Waals surface area contributed by atoms with Gasteiger partial charge in [0.1, 0.15) is 23.3 Å². The zero-order valence-electron chi connectivity index (χ0n) is 13.7. The van der Waals surface area contributed by atoms with E-state index in [0.29, 0.717) is 4.90 Å². The van der Waals surface area contributed by atoms with Crippen LogP contribution in [-0.4, -0.2) is 28.5 Å². The third kappa shape index (κ3) is 4.19. The van der Waals surface area contributed by atoms with Gasteiger partial charge in [-0.1, -0.05) is 12.1 Å². The van der Waals surface area contributed by atoms with Gasteiger partial charge in [0.15, 0.2) is 9.79 Å².